The van der Waals surface area contributed by atoms with E-state index in [2.05, 4.69) is 12.2 Å². The molecule has 2 aromatic rings. The molecule has 1 amide bonds. The first-order valence-corrected chi connectivity index (χ1v) is 6.98. The predicted molar refractivity (Wildman–Crippen MR) is 82.7 cm³/mol. The Kier molecular flexibility index (Phi) is 5.64. The van der Waals surface area contributed by atoms with Gasteiger partial charge in [-0.3, -0.25) is 5.32 Å². The summed E-state index contributed by atoms with van der Waals surface area (Å²) in [5.74, 6) is 0.777. The van der Waals surface area contributed by atoms with Gasteiger partial charge in [0.05, 0.1) is 0 Å². The lowest BCUT2D eigenvalue weighted by Crippen LogP contribution is -2.17. The Morgan fingerprint density at radius 1 is 1.00 bits per heavy atom. The van der Waals surface area contributed by atoms with Crippen molar-refractivity contribution in [3.05, 3.63) is 60.2 Å². The fourth-order valence-corrected chi connectivity index (χ4v) is 1.79. The lowest BCUT2D eigenvalue weighted by Gasteiger charge is -2.09. The molecular weight excluding hydrogens is 266 g/mol. The minimum absolute atomic E-state index is 0.203. The molecule has 0 atom stereocenters. The summed E-state index contributed by atoms with van der Waals surface area (Å²) >= 11 is 0. The van der Waals surface area contributed by atoms with Crippen LogP contribution < -0.4 is 10.1 Å². The Labute approximate surface area is 124 Å². The van der Waals surface area contributed by atoms with Crippen LogP contribution in [0.1, 0.15) is 12.5 Å². The number of amides is 1. The van der Waals surface area contributed by atoms with Crippen molar-refractivity contribution in [2.24, 2.45) is 0 Å². The highest BCUT2D eigenvalue weighted by Gasteiger charge is 2.02. The number of ether oxygens (including phenoxy) is 2. The van der Waals surface area contributed by atoms with E-state index in [-0.39, 0.29) is 6.61 Å². The summed E-state index contributed by atoms with van der Waals surface area (Å²) < 4.78 is 10.5. The van der Waals surface area contributed by atoms with Crippen molar-refractivity contribution in [1.29, 1.82) is 0 Å². The average Bonchev–Trinajstić information content (AvgIpc) is 2.53. The van der Waals surface area contributed by atoms with E-state index in [0.717, 1.165) is 12.2 Å². The average molecular weight is 285 g/mol. The topological polar surface area (TPSA) is 47.6 Å². The molecule has 0 aliphatic rings. The number of hydrogen-bond donors (Lipinski definition) is 1. The van der Waals surface area contributed by atoms with E-state index < -0.39 is 6.09 Å². The summed E-state index contributed by atoms with van der Waals surface area (Å²) in [7, 11) is 0. The molecule has 4 heteroatoms. The van der Waals surface area contributed by atoms with Gasteiger partial charge in [-0.15, -0.1) is 0 Å². The van der Waals surface area contributed by atoms with Crippen LogP contribution in [0, 0.1) is 0 Å². The highest BCUT2D eigenvalue weighted by molar-refractivity contribution is 5.84. The normalized spacial score (nSPS) is 9.95. The Hall–Kier alpha value is -2.49. The smallest absolute Gasteiger partial charge is 0.411 e. The standard InChI is InChI=1S/C17H19NO3/c1-2-14-8-10-16(11-9-14)20-12-13-21-17(19)18-15-6-4-3-5-7-15/h3-11H,2,12-13H2,1H3,(H,18,19). The van der Waals surface area contributed by atoms with Gasteiger partial charge in [0.2, 0.25) is 0 Å². The molecule has 0 radical (unpaired) electrons. The van der Waals surface area contributed by atoms with Gasteiger partial charge in [0.15, 0.2) is 0 Å². The first kappa shape index (κ1) is 14.9. The summed E-state index contributed by atoms with van der Waals surface area (Å²) in [5, 5.41) is 2.64. The number of carbonyl (C=O) groups excluding carboxylic acids is 1. The highest BCUT2D eigenvalue weighted by atomic mass is 16.6. The summed E-state index contributed by atoms with van der Waals surface area (Å²) in [6, 6.07) is 17.1. The number of anilines is 1. The largest absolute Gasteiger partial charge is 0.490 e. The summed E-state index contributed by atoms with van der Waals surface area (Å²) in [4.78, 5) is 11.5. The van der Waals surface area contributed by atoms with Crippen LogP contribution in [0.3, 0.4) is 0 Å². The summed E-state index contributed by atoms with van der Waals surface area (Å²) in [6.45, 7) is 2.64. The van der Waals surface area contributed by atoms with Gasteiger partial charge < -0.3 is 9.47 Å². The van der Waals surface area contributed by atoms with Crippen LogP contribution in [-0.2, 0) is 11.2 Å². The maximum Gasteiger partial charge on any atom is 0.411 e. The highest BCUT2D eigenvalue weighted by Crippen LogP contribution is 2.12. The van der Waals surface area contributed by atoms with Crippen molar-refractivity contribution in [1.82, 2.24) is 0 Å². The molecule has 0 aliphatic carbocycles. The van der Waals surface area contributed by atoms with Crippen LogP contribution in [0.2, 0.25) is 0 Å². The van der Waals surface area contributed by atoms with Gasteiger partial charge in [-0.25, -0.2) is 4.79 Å². The van der Waals surface area contributed by atoms with Crippen LogP contribution in [0.5, 0.6) is 5.75 Å². The molecule has 4 nitrogen and oxygen atoms in total. The second-order valence-electron chi connectivity index (χ2n) is 4.47. The molecule has 0 bridgehead atoms. The van der Waals surface area contributed by atoms with Crippen LogP contribution in [0.4, 0.5) is 10.5 Å². The van der Waals surface area contributed by atoms with Crippen LogP contribution in [-0.4, -0.2) is 19.3 Å². The minimum Gasteiger partial charge on any atom is -0.490 e. The van der Waals surface area contributed by atoms with E-state index in [1.54, 1.807) is 12.1 Å². The number of para-hydroxylation sites is 1. The maximum absolute atomic E-state index is 11.5. The molecule has 21 heavy (non-hydrogen) atoms. The van der Waals surface area contributed by atoms with E-state index in [0.29, 0.717) is 12.3 Å². The first-order valence-electron chi connectivity index (χ1n) is 6.98. The zero-order valence-electron chi connectivity index (χ0n) is 12.0. The molecule has 0 saturated carbocycles. The lowest BCUT2D eigenvalue weighted by molar-refractivity contribution is 0.138. The number of hydrogen-bond acceptors (Lipinski definition) is 3. The third kappa shape index (κ3) is 5.18. The van der Waals surface area contributed by atoms with Crippen LogP contribution >= 0.6 is 0 Å². The molecule has 2 rings (SSSR count). The molecule has 0 aromatic heterocycles. The van der Waals surface area contributed by atoms with Crippen LogP contribution in [0.25, 0.3) is 0 Å². The fraction of sp³-hybridized carbons (Fsp3) is 0.235. The molecule has 1 N–H and O–H groups in total. The van der Waals surface area contributed by atoms with Gasteiger partial charge in [-0.05, 0) is 36.2 Å². The van der Waals surface area contributed by atoms with Gasteiger partial charge in [0.1, 0.15) is 19.0 Å². The van der Waals surface area contributed by atoms with Crippen molar-refractivity contribution in [2.45, 2.75) is 13.3 Å². The van der Waals surface area contributed by atoms with E-state index >= 15 is 0 Å². The lowest BCUT2D eigenvalue weighted by atomic mass is 10.2. The van der Waals surface area contributed by atoms with Gasteiger partial charge in [0, 0.05) is 5.69 Å². The van der Waals surface area contributed by atoms with Gasteiger partial charge >= 0.3 is 6.09 Å². The molecule has 0 aliphatic heterocycles. The zero-order chi connectivity index (χ0) is 14.9. The van der Waals surface area contributed by atoms with Crippen molar-refractivity contribution in [3.63, 3.8) is 0 Å². The minimum atomic E-state index is -0.480. The third-order valence-corrected chi connectivity index (χ3v) is 2.94. The van der Waals surface area contributed by atoms with E-state index in [9.17, 15) is 4.79 Å². The van der Waals surface area contributed by atoms with Crippen molar-refractivity contribution in [3.8, 4) is 5.75 Å². The number of rotatable bonds is 6. The Morgan fingerprint density at radius 3 is 2.38 bits per heavy atom. The van der Waals surface area contributed by atoms with E-state index in [1.165, 1.54) is 5.56 Å². The second-order valence-corrected chi connectivity index (χ2v) is 4.47. The number of aryl methyl sites for hydroxylation is 1. The third-order valence-electron chi connectivity index (χ3n) is 2.94. The molecule has 2 aromatic carbocycles. The molecule has 0 heterocycles. The zero-order valence-corrected chi connectivity index (χ0v) is 12.0. The van der Waals surface area contributed by atoms with Gasteiger partial charge in [0.25, 0.3) is 0 Å². The number of nitrogens with one attached hydrogen (secondary N) is 1. The Bertz CT molecular complexity index is 552. The van der Waals surface area contributed by atoms with Crippen molar-refractivity contribution < 1.29 is 14.3 Å². The maximum atomic E-state index is 11.5. The van der Waals surface area contributed by atoms with E-state index in [4.69, 9.17) is 9.47 Å². The molecule has 110 valence electrons. The molecule has 0 fully saturated rings. The van der Waals surface area contributed by atoms with Crippen LogP contribution in [0.15, 0.2) is 54.6 Å². The summed E-state index contributed by atoms with van der Waals surface area (Å²) in [6.07, 6.45) is 0.523. The first-order chi connectivity index (χ1) is 10.3. The molecule has 0 saturated heterocycles. The SMILES string of the molecule is CCc1ccc(OCCOC(=O)Nc2ccccc2)cc1. The van der Waals surface area contributed by atoms with Gasteiger partial charge in [-0.1, -0.05) is 37.3 Å². The van der Waals surface area contributed by atoms with Gasteiger partial charge in [-0.2, -0.15) is 0 Å². The van der Waals surface area contributed by atoms with E-state index in [1.807, 2.05) is 42.5 Å². The monoisotopic (exact) mass is 285 g/mol. The Morgan fingerprint density at radius 2 is 1.71 bits per heavy atom. The molecular formula is C17H19NO3. The van der Waals surface area contributed by atoms with Crippen molar-refractivity contribution in [2.75, 3.05) is 18.5 Å². The number of carbonyl (C=O) groups is 1. The Balaban J connectivity index is 1.66. The fourth-order valence-electron chi connectivity index (χ4n) is 1.79. The molecule has 0 unspecified atom stereocenters. The summed E-state index contributed by atoms with van der Waals surface area (Å²) in [5.41, 5.74) is 1.97. The molecule has 0 spiro atoms. The second kappa shape index (κ2) is 7.94. The quantitative estimate of drug-likeness (QED) is 0.819. The van der Waals surface area contributed by atoms with Crippen molar-refractivity contribution >= 4 is 11.8 Å². The number of benzene rings is 2. The predicted octanol–water partition coefficient (Wildman–Crippen LogP) is 3.88.